The molecule has 6 nitrogen and oxygen atoms in total. The Bertz CT molecular complexity index is 429. The molecule has 0 aliphatic carbocycles. The van der Waals surface area contributed by atoms with Crippen molar-refractivity contribution >= 4 is 18.0 Å². The summed E-state index contributed by atoms with van der Waals surface area (Å²) in [4.78, 5) is 26.5. The van der Waals surface area contributed by atoms with Gasteiger partial charge in [0.25, 0.3) is 0 Å². The summed E-state index contributed by atoms with van der Waals surface area (Å²) in [5.74, 6) is -0.771. The molecule has 0 radical (unpaired) electrons. The van der Waals surface area contributed by atoms with Crippen LogP contribution in [0.25, 0.3) is 0 Å². The fourth-order valence-electron chi connectivity index (χ4n) is 1.19. The molecule has 2 N–H and O–H groups in total. The molecule has 0 unspecified atom stereocenters. The van der Waals surface area contributed by atoms with Crippen LogP contribution in [-0.2, 0) is 9.59 Å². The number of aromatic nitrogens is 1. The molecule has 2 amide bonds. The van der Waals surface area contributed by atoms with Crippen molar-refractivity contribution in [2.75, 3.05) is 0 Å². The predicted molar refractivity (Wildman–Crippen MR) is 67.9 cm³/mol. The summed E-state index contributed by atoms with van der Waals surface area (Å²) in [6.45, 7) is 3.66. The number of nitrogens with one attached hydrogen (secondary N) is 2. The van der Waals surface area contributed by atoms with Crippen molar-refractivity contribution < 1.29 is 9.59 Å². The van der Waals surface area contributed by atoms with E-state index >= 15 is 0 Å². The summed E-state index contributed by atoms with van der Waals surface area (Å²) < 4.78 is 0. The van der Waals surface area contributed by atoms with E-state index in [0.29, 0.717) is 0 Å². The lowest BCUT2D eigenvalue weighted by atomic mass is 10.3. The molecule has 0 aromatic carbocycles. The van der Waals surface area contributed by atoms with Crippen LogP contribution in [0.1, 0.15) is 25.8 Å². The van der Waals surface area contributed by atoms with Gasteiger partial charge in [-0.25, -0.2) is 5.43 Å². The average molecular weight is 248 g/mol. The Hall–Kier alpha value is -2.24. The van der Waals surface area contributed by atoms with E-state index in [4.69, 9.17) is 0 Å². The molecule has 0 fully saturated rings. The lowest BCUT2D eigenvalue weighted by Gasteiger charge is -2.06. The first-order chi connectivity index (χ1) is 8.58. The average Bonchev–Trinajstić information content (AvgIpc) is 2.29. The van der Waals surface area contributed by atoms with Gasteiger partial charge in [0, 0.05) is 24.0 Å². The molecule has 0 spiro atoms. The molecule has 18 heavy (non-hydrogen) atoms. The predicted octanol–water partition coefficient (Wildman–Crippen LogP) is 0.446. The maximum Gasteiger partial charge on any atom is 0.249 e. The standard InChI is InChI=1S/C12H16N4O2/c1-9(2)15-11(17)6-12(18)16-14-8-10-4-3-5-13-7-10/h3-5,7-9H,6H2,1-2H3,(H,15,17)(H,16,18)/b14-8+. The highest BCUT2D eigenvalue weighted by Gasteiger charge is 2.08. The van der Waals surface area contributed by atoms with Crippen LogP contribution < -0.4 is 10.7 Å². The van der Waals surface area contributed by atoms with E-state index in [2.05, 4.69) is 20.8 Å². The van der Waals surface area contributed by atoms with E-state index in [1.165, 1.54) is 6.21 Å². The number of amides is 2. The first kappa shape index (κ1) is 13.8. The van der Waals surface area contributed by atoms with Crippen LogP contribution in [0.4, 0.5) is 0 Å². The number of pyridine rings is 1. The van der Waals surface area contributed by atoms with Gasteiger partial charge in [-0.05, 0) is 19.9 Å². The minimum Gasteiger partial charge on any atom is -0.353 e. The monoisotopic (exact) mass is 248 g/mol. The minimum absolute atomic E-state index is 0.0178. The van der Waals surface area contributed by atoms with Gasteiger partial charge in [0.1, 0.15) is 6.42 Å². The van der Waals surface area contributed by atoms with Crippen LogP contribution in [0.15, 0.2) is 29.6 Å². The highest BCUT2D eigenvalue weighted by atomic mass is 16.2. The molecule has 0 atom stereocenters. The van der Waals surface area contributed by atoms with E-state index in [1.807, 2.05) is 13.8 Å². The number of carbonyl (C=O) groups excluding carboxylic acids is 2. The van der Waals surface area contributed by atoms with E-state index in [0.717, 1.165) is 5.56 Å². The maximum absolute atomic E-state index is 11.3. The second-order valence-electron chi connectivity index (χ2n) is 3.98. The Kier molecular flexibility index (Phi) is 5.50. The number of hydrogen-bond acceptors (Lipinski definition) is 4. The first-order valence-electron chi connectivity index (χ1n) is 5.59. The number of nitrogens with zero attached hydrogens (tertiary/aromatic N) is 2. The Morgan fingerprint density at radius 3 is 2.83 bits per heavy atom. The molecular weight excluding hydrogens is 232 g/mol. The third kappa shape index (κ3) is 5.74. The second-order valence-corrected chi connectivity index (χ2v) is 3.98. The van der Waals surface area contributed by atoms with Crippen molar-refractivity contribution in [2.45, 2.75) is 26.3 Å². The first-order valence-corrected chi connectivity index (χ1v) is 5.59. The molecule has 96 valence electrons. The Morgan fingerprint density at radius 1 is 1.44 bits per heavy atom. The Labute approximate surface area is 105 Å². The van der Waals surface area contributed by atoms with Crippen molar-refractivity contribution in [3.63, 3.8) is 0 Å². The molecule has 0 saturated heterocycles. The summed E-state index contributed by atoms with van der Waals surface area (Å²) in [6, 6.07) is 3.58. The smallest absolute Gasteiger partial charge is 0.249 e. The van der Waals surface area contributed by atoms with Gasteiger partial charge in [0.2, 0.25) is 11.8 Å². The Balaban J connectivity index is 2.33. The van der Waals surface area contributed by atoms with Gasteiger partial charge in [0.05, 0.1) is 6.21 Å². The van der Waals surface area contributed by atoms with Crippen molar-refractivity contribution in [2.24, 2.45) is 5.10 Å². The normalized spacial score (nSPS) is 10.6. The summed E-state index contributed by atoms with van der Waals surface area (Å²) in [5, 5.41) is 6.35. The van der Waals surface area contributed by atoms with E-state index in [1.54, 1.807) is 24.5 Å². The third-order valence-corrected chi connectivity index (χ3v) is 1.86. The molecule has 1 rings (SSSR count). The van der Waals surface area contributed by atoms with Crippen LogP contribution in [0.5, 0.6) is 0 Å². The van der Waals surface area contributed by atoms with Crippen LogP contribution >= 0.6 is 0 Å². The maximum atomic E-state index is 11.3. The molecule has 0 aliphatic heterocycles. The summed E-state index contributed by atoms with van der Waals surface area (Å²) >= 11 is 0. The van der Waals surface area contributed by atoms with E-state index in [9.17, 15) is 9.59 Å². The highest BCUT2D eigenvalue weighted by Crippen LogP contribution is 1.90. The molecule has 1 heterocycles. The third-order valence-electron chi connectivity index (χ3n) is 1.86. The zero-order chi connectivity index (χ0) is 13.4. The molecule has 1 aromatic rings. The van der Waals surface area contributed by atoms with Crippen molar-refractivity contribution in [1.82, 2.24) is 15.7 Å². The number of carbonyl (C=O) groups is 2. The van der Waals surface area contributed by atoms with Crippen LogP contribution in [0, 0.1) is 0 Å². The number of hydrogen-bond donors (Lipinski definition) is 2. The largest absolute Gasteiger partial charge is 0.353 e. The summed E-state index contributed by atoms with van der Waals surface area (Å²) in [5.41, 5.74) is 3.05. The van der Waals surface area contributed by atoms with Gasteiger partial charge < -0.3 is 5.32 Å². The lowest BCUT2D eigenvalue weighted by molar-refractivity contribution is -0.129. The van der Waals surface area contributed by atoms with Gasteiger partial charge in [-0.15, -0.1) is 0 Å². The fraction of sp³-hybridized carbons (Fsp3) is 0.333. The quantitative estimate of drug-likeness (QED) is 0.451. The zero-order valence-corrected chi connectivity index (χ0v) is 10.4. The molecular formula is C12H16N4O2. The fourth-order valence-corrected chi connectivity index (χ4v) is 1.19. The van der Waals surface area contributed by atoms with Gasteiger partial charge in [-0.1, -0.05) is 6.07 Å². The van der Waals surface area contributed by atoms with Crippen LogP contribution in [0.2, 0.25) is 0 Å². The number of rotatable bonds is 5. The molecule has 1 aromatic heterocycles. The van der Waals surface area contributed by atoms with Crippen LogP contribution in [0.3, 0.4) is 0 Å². The molecule has 0 bridgehead atoms. The highest BCUT2D eigenvalue weighted by molar-refractivity contribution is 5.97. The van der Waals surface area contributed by atoms with Crippen molar-refractivity contribution in [3.05, 3.63) is 30.1 Å². The second kappa shape index (κ2) is 7.16. The topological polar surface area (TPSA) is 83.5 Å². The zero-order valence-electron chi connectivity index (χ0n) is 10.4. The van der Waals surface area contributed by atoms with Gasteiger partial charge >= 0.3 is 0 Å². The van der Waals surface area contributed by atoms with Gasteiger partial charge in [-0.3, -0.25) is 14.6 Å². The van der Waals surface area contributed by atoms with Crippen molar-refractivity contribution in [1.29, 1.82) is 0 Å². The molecule has 0 aliphatic rings. The SMILES string of the molecule is CC(C)NC(=O)CC(=O)N/N=C/c1cccnc1. The summed E-state index contributed by atoms with van der Waals surface area (Å²) in [6.07, 6.45) is 4.49. The Morgan fingerprint density at radius 2 is 2.22 bits per heavy atom. The molecule has 0 saturated carbocycles. The van der Waals surface area contributed by atoms with E-state index in [-0.39, 0.29) is 18.4 Å². The number of hydrazone groups is 1. The van der Waals surface area contributed by atoms with Crippen LogP contribution in [-0.4, -0.2) is 29.1 Å². The van der Waals surface area contributed by atoms with Crippen molar-refractivity contribution in [3.8, 4) is 0 Å². The van der Waals surface area contributed by atoms with E-state index < -0.39 is 5.91 Å². The van der Waals surface area contributed by atoms with Gasteiger partial charge in [-0.2, -0.15) is 5.10 Å². The summed E-state index contributed by atoms with van der Waals surface area (Å²) in [7, 11) is 0. The van der Waals surface area contributed by atoms with Gasteiger partial charge in [0.15, 0.2) is 0 Å². The lowest BCUT2D eigenvalue weighted by Crippen LogP contribution is -2.34. The molecule has 6 heteroatoms. The minimum atomic E-state index is -0.451.